The normalized spacial score (nSPS) is 18.7. The molecule has 1 aromatic heterocycles. The Morgan fingerprint density at radius 2 is 1.95 bits per heavy atom. The molecule has 0 saturated heterocycles. The number of nitrogens with zero attached hydrogens (tertiary/aromatic N) is 1. The van der Waals surface area contributed by atoms with E-state index in [1.165, 1.54) is 11.1 Å². The molecule has 0 amide bonds. The zero-order valence-corrected chi connectivity index (χ0v) is 11.3. The SMILES string of the molecule is CC(C)c1ccc([C@H]2CC(=O)c3cn[nH]c3C2)cc1. The van der Waals surface area contributed by atoms with Crippen LogP contribution in [0, 0.1) is 0 Å². The van der Waals surface area contributed by atoms with E-state index >= 15 is 0 Å². The van der Waals surface area contributed by atoms with E-state index in [4.69, 9.17) is 0 Å². The molecular formula is C16H18N2O. The molecule has 19 heavy (non-hydrogen) atoms. The Kier molecular flexibility index (Phi) is 2.97. The third kappa shape index (κ3) is 2.21. The van der Waals surface area contributed by atoms with Gasteiger partial charge in [-0.25, -0.2) is 0 Å². The first kappa shape index (κ1) is 12.2. The summed E-state index contributed by atoms with van der Waals surface area (Å²) in [6.45, 7) is 4.38. The van der Waals surface area contributed by atoms with Crippen molar-refractivity contribution in [1.82, 2.24) is 10.2 Å². The average molecular weight is 254 g/mol. The van der Waals surface area contributed by atoms with E-state index in [9.17, 15) is 4.79 Å². The van der Waals surface area contributed by atoms with Gasteiger partial charge in [-0.1, -0.05) is 38.1 Å². The van der Waals surface area contributed by atoms with Crippen LogP contribution in [0.2, 0.25) is 0 Å². The molecular weight excluding hydrogens is 236 g/mol. The molecule has 1 heterocycles. The second-order valence-electron chi connectivity index (χ2n) is 5.61. The van der Waals surface area contributed by atoms with Gasteiger partial charge in [0.05, 0.1) is 11.8 Å². The first-order valence-corrected chi connectivity index (χ1v) is 6.80. The van der Waals surface area contributed by atoms with Crippen molar-refractivity contribution in [3.05, 3.63) is 52.8 Å². The minimum absolute atomic E-state index is 0.202. The van der Waals surface area contributed by atoms with E-state index in [0.717, 1.165) is 17.7 Å². The number of Topliss-reactive ketones (excluding diaryl/α,β-unsaturated/α-hetero) is 1. The maximum atomic E-state index is 12.0. The van der Waals surface area contributed by atoms with Gasteiger partial charge in [0.2, 0.25) is 0 Å². The van der Waals surface area contributed by atoms with Crippen LogP contribution in [0.15, 0.2) is 30.5 Å². The van der Waals surface area contributed by atoms with E-state index in [1.807, 2.05) is 0 Å². The molecule has 0 aliphatic heterocycles. The van der Waals surface area contributed by atoms with Gasteiger partial charge in [0.15, 0.2) is 5.78 Å². The Labute approximate surface area is 113 Å². The van der Waals surface area contributed by atoms with Crippen LogP contribution in [0.1, 0.15) is 59.3 Å². The molecule has 0 radical (unpaired) electrons. The lowest BCUT2D eigenvalue weighted by Gasteiger charge is -2.21. The molecule has 0 saturated carbocycles. The van der Waals surface area contributed by atoms with Gasteiger partial charge in [0.1, 0.15) is 0 Å². The summed E-state index contributed by atoms with van der Waals surface area (Å²) in [5, 5.41) is 6.92. The molecule has 0 unspecified atom stereocenters. The molecule has 2 aromatic rings. The Hall–Kier alpha value is -1.90. The highest BCUT2D eigenvalue weighted by Gasteiger charge is 2.27. The van der Waals surface area contributed by atoms with Crippen molar-refractivity contribution < 1.29 is 4.79 Å². The predicted octanol–water partition coefficient (Wildman–Crippen LogP) is 3.45. The predicted molar refractivity (Wildman–Crippen MR) is 74.5 cm³/mol. The number of aromatic nitrogens is 2. The number of rotatable bonds is 2. The summed E-state index contributed by atoms with van der Waals surface area (Å²) in [5.74, 6) is 1.02. The van der Waals surface area contributed by atoms with Crippen LogP contribution in [0.5, 0.6) is 0 Å². The van der Waals surface area contributed by atoms with Crippen LogP contribution in [0.25, 0.3) is 0 Å². The van der Waals surface area contributed by atoms with Crippen molar-refractivity contribution in [2.24, 2.45) is 0 Å². The highest BCUT2D eigenvalue weighted by molar-refractivity contribution is 5.98. The molecule has 1 aromatic carbocycles. The third-order valence-corrected chi connectivity index (χ3v) is 3.98. The van der Waals surface area contributed by atoms with Gasteiger partial charge in [-0.05, 0) is 29.4 Å². The Morgan fingerprint density at radius 3 is 2.63 bits per heavy atom. The van der Waals surface area contributed by atoms with E-state index in [-0.39, 0.29) is 11.7 Å². The van der Waals surface area contributed by atoms with Crippen LogP contribution in [-0.4, -0.2) is 16.0 Å². The van der Waals surface area contributed by atoms with Gasteiger partial charge in [-0.2, -0.15) is 5.10 Å². The van der Waals surface area contributed by atoms with E-state index in [2.05, 4.69) is 48.3 Å². The Morgan fingerprint density at radius 1 is 1.21 bits per heavy atom. The molecule has 1 aliphatic rings. The lowest BCUT2D eigenvalue weighted by Crippen LogP contribution is -2.17. The number of hydrogen-bond acceptors (Lipinski definition) is 2. The highest BCUT2D eigenvalue weighted by Crippen LogP contribution is 2.32. The van der Waals surface area contributed by atoms with Crippen LogP contribution in [-0.2, 0) is 6.42 Å². The van der Waals surface area contributed by atoms with Crippen molar-refractivity contribution in [3.63, 3.8) is 0 Å². The van der Waals surface area contributed by atoms with E-state index < -0.39 is 0 Å². The maximum Gasteiger partial charge on any atom is 0.166 e. The summed E-state index contributed by atoms with van der Waals surface area (Å²) < 4.78 is 0. The lowest BCUT2D eigenvalue weighted by molar-refractivity contribution is 0.0964. The molecule has 3 rings (SSSR count). The molecule has 1 atom stereocenters. The Bertz CT molecular complexity index is 595. The van der Waals surface area contributed by atoms with Gasteiger partial charge in [0, 0.05) is 12.1 Å². The van der Waals surface area contributed by atoms with Crippen LogP contribution >= 0.6 is 0 Å². The minimum atomic E-state index is 0.202. The quantitative estimate of drug-likeness (QED) is 0.892. The largest absolute Gasteiger partial charge is 0.294 e. The van der Waals surface area contributed by atoms with Crippen LogP contribution in [0.4, 0.5) is 0 Å². The molecule has 0 spiro atoms. The zero-order valence-electron chi connectivity index (χ0n) is 11.3. The summed E-state index contributed by atoms with van der Waals surface area (Å²) in [6.07, 6.45) is 3.12. The number of carbonyl (C=O) groups excluding carboxylic acids is 1. The minimum Gasteiger partial charge on any atom is -0.294 e. The monoisotopic (exact) mass is 254 g/mol. The molecule has 1 aliphatic carbocycles. The standard InChI is InChI=1S/C16H18N2O/c1-10(2)11-3-5-12(6-4-11)13-7-15-14(9-17-18-15)16(19)8-13/h3-6,9-10,13H,7-8H2,1-2H3,(H,17,18)/t13-/m1/s1. The number of benzene rings is 1. The molecule has 3 heteroatoms. The second kappa shape index (κ2) is 4.65. The number of hydrogen-bond donors (Lipinski definition) is 1. The summed E-state index contributed by atoms with van der Waals surface area (Å²) in [7, 11) is 0. The lowest BCUT2D eigenvalue weighted by atomic mass is 9.82. The molecule has 0 bridgehead atoms. The number of nitrogens with one attached hydrogen (secondary N) is 1. The fourth-order valence-corrected chi connectivity index (χ4v) is 2.75. The molecule has 1 N–H and O–H groups in total. The first-order chi connectivity index (χ1) is 9.15. The van der Waals surface area contributed by atoms with Crippen molar-refractivity contribution in [3.8, 4) is 0 Å². The van der Waals surface area contributed by atoms with E-state index in [0.29, 0.717) is 12.3 Å². The third-order valence-electron chi connectivity index (χ3n) is 3.98. The van der Waals surface area contributed by atoms with Gasteiger partial charge >= 0.3 is 0 Å². The number of ketones is 1. The smallest absolute Gasteiger partial charge is 0.166 e. The highest BCUT2D eigenvalue weighted by atomic mass is 16.1. The first-order valence-electron chi connectivity index (χ1n) is 6.80. The Balaban J connectivity index is 1.86. The number of carbonyl (C=O) groups is 1. The molecule has 3 nitrogen and oxygen atoms in total. The second-order valence-corrected chi connectivity index (χ2v) is 5.61. The number of fused-ring (bicyclic) bond motifs is 1. The van der Waals surface area contributed by atoms with Gasteiger partial charge < -0.3 is 0 Å². The van der Waals surface area contributed by atoms with Crippen molar-refractivity contribution in [2.45, 2.75) is 38.5 Å². The summed E-state index contributed by atoms with van der Waals surface area (Å²) >= 11 is 0. The van der Waals surface area contributed by atoms with Crippen molar-refractivity contribution >= 4 is 5.78 Å². The van der Waals surface area contributed by atoms with Crippen molar-refractivity contribution in [2.75, 3.05) is 0 Å². The topological polar surface area (TPSA) is 45.8 Å². The maximum absolute atomic E-state index is 12.0. The van der Waals surface area contributed by atoms with Gasteiger partial charge in [0.25, 0.3) is 0 Å². The van der Waals surface area contributed by atoms with Crippen LogP contribution < -0.4 is 0 Å². The molecule has 98 valence electrons. The number of aromatic amines is 1. The zero-order chi connectivity index (χ0) is 13.4. The summed E-state index contributed by atoms with van der Waals surface area (Å²) in [6, 6.07) is 8.67. The summed E-state index contributed by atoms with van der Waals surface area (Å²) in [5.41, 5.74) is 4.34. The molecule has 0 fully saturated rings. The summed E-state index contributed by atoms with van der Waals surface area (Å²) in [4.78, 5) is 12.0. The number of H-pyrrole nitrogens is 1. The van der Waals surface area contributed by atoms with Gasteiger partial charge in [-0.15, -0.1) is 0 Å². The average Bonchev–Trinajstić information content (AvgIpc) is 2.87. The fourth-order valence-electron chi connectivity index (χ4n) is 2.75. The van der Waals surface area contributed by atoms with E-state index in [1.54, 1.807) is 6.20 Å². The van der Waals surface area contributed by atoms with Crippen LogP contribution in [0.3, 0.4) is 0 Å². The fraction of sp³-hybridized carbons (Fsp3) is 0.375. The van der Waals surface area contributed by atoms with Crippen molar-refractivity contribution in [1.29, 1.82) is 0 Å². The van der Waals surface area contributed by atoms with Gasteiger partial charge in [-0.3, -0.25) is 9.89 Å².